The molecule has 1 saturated carbocycles. The lowest BCUT2D eigenvalue weighted by Crippen LogP contribution is -2.52. The Balaban J connectivity index is 1.74. The van der Waals surface area contributed by atoms with E-state index in [0.717, 1.165) is 21.0 Å². The molecule has 2 heterocycles. The van der Waals surface area contributed by atoms with Gasteiger partial charge >= 0.3 is 0 Å². The summed E-state index contributed by atoms with van der Waals surface area (Å²) in [6.07, 6.45) is 2.48. The van der Waals surface area contributed by atoms with Gasteiger partial charge in [0.1, 0.15) is 19.1 Å². The molecular weight excluding hydrogens is 592 g/mol. The number of ketones is 1. The molecule has 240 valence electrons. The molecule has 11 heteroatoms. The van der Waals surface area contributed by atoms with Gasteiger partial charge in [-0.1, -0.05) is 45.0 Å². The summed E-state index contributed by atoms with van der Waals surface area (Å²) < 4.78 is 41.2. The van der Waals surface area contributed by atoms with Gasteiger partial charge < -0.3 is 14.4 Å². The van der Waals surface area contributed by atoms with Crippen LogP contribution in [-0.2, 0) is 19.6 Å². The Morgan fingerprint density at radius 3 is 2.29 bits per heavy atom. The number of ether oxygens (including phenoxy) is 2. The fourth-order valence-electron chi connectivity index (χ4n) is 6.32. The van der Waals surface area contributed by atoms with Crippen LogP contribution in [0.3, 0.4) is 0 Å². The Bertz CT molecular complexity index is 1670. The Labute approximate surface area is 265 Å². The number of aromatic nitrogens is 2. The van der Waals surface area contributed by atoms with Crippen LogP contribution in [0.4, 0.5) is 5.95 Å². The molecule has 45 heavy (non-hydrogen) atoms. The van der Waals surface area contributed by atoms with Crippen molar-refractivity contribution in [1.82, 2.24) is 14.9 Å². The number of anilines is 1. The number of fused-ring (bicyclic) bond motifs is 4. The van der Waals surface area contributed by atoms with Crippen molar-refractivity contribution >= 4 is 27.7 Å². The zero-order valence-electron chi connectivity index (χ0n) is 26.9. The van der Waals surface area contributed by atoms with E-state index in [-0.39, 0.29) is 64.8 Å². The smallest absolute Gasteiger partial charge is 0.268 e. The standard InChI is InChI=1S/C34H42N4O6S/c1-22-9-7-10-23(2)31(22)29-18-30-36-33(35-29)37(21-43-6)45(41,42)28-12-8-11-24(17-28)32(40)38(25-13-15-27(39)16-14-25)26(20-44-30)19-34(3,4)5/h7-12,17-18,25-26H,13-16,19-21H2,1-6H3/t26-/m1/s1. The molecule has 0 spiro atoms. The Hall–Kier alpha value is -3.83. The van der Waals surface area contributed by atoms with E-state index in [1.54, 1.807) is 18.2 Å². The van der Waals surface area contributed by atoms with E-state index in [9.17, 15) is 18.0 Å². The lowest BCUT2D eigenvalue weighted by atomic mass is 9.85. The second-order valence-electron chi connectivity index (χ2n) is 13.2. The van der Waals surface area contributed by atoms with Crippen molar-refractivity contribution in [2.24, 2.45) is 5.41 Å². The summed E-state index contributed by atoms with van der Waals surface area (Å²) in [5.74, 6) is -0.0223. The summed E-state index contributed by atoms with van der Waals surface area (Å²) in [4.78, 5) is 37.7. The largest absolute Gasteiger partial charge is 0.475 e. The van der Waals surface area contributed by atoms with Crippen molar-refractivity contribution in [2.75, 3.05) is 24.8 Å². The zero-order valence-corrected chi connectivity index (χ0v) is 27.7. The molecule has 2 aliphatic rings. The molecule has 10 nitrogen and oxygen atoms in total. The van der Waals surface area contributed by atoms with Gasteiger partial charge in [-0.3, -0.25) is 9.59 Å². The molecule has 1 atom stereocenters. The first-order valence-electron chi connectivity index (χ1n) is 15.3. The highest BCUT2D eigenvalue weighted by Crippen LogP contribution is 2.34. The summed E-state index contributed by atoms with van der Waals surface area (Å²) in [7, 11) is -2.89. The first kappa shape index (κ1) is 32.6. The maximum atomic E-state index is 14.4. The Morgan fingerprint density at radius 2 is 1.64 bits per heavy atom. The van der Waals surface area contributed by atoms with Crippen LogP contribution in [0.5, 0.6) is 5.88 Å². The number of hydrogen-bond acceptors (Lipinski definition) is 8. The fraction of sp³-hybridized carbons (Fsp3) is 0.471. The molecule has 1 amide bonds. The van der Waals surface area contributed by atoms with Crippen molar-refractivity contribution < 1.29 is 27.5 Å². The molecule has 1 aliphatic carbocycles. The molecule has 1 fully saturated rings. The van der Waals surface area contributed by atoms with Crippen molar-refractivity contribution in [3.8, 4) is 17.1 Å². The highest BCUT2D eigenvalue weighted by molar-refractivity contribution is 7.92. The molecule has 1 aliphatic heterocycles. The van der Waals surface area contributed by atoms with Gasteiger partial charge in [0.25, 0.3) is 15.9 Å². The summed E-state index contributed by atoms with van der Waals surface area (Å²) >= 11 is 0. The van der Waals surface area contributed by atoms with Gasteiger partial charge in [-0.15, -0.1) is 0 Å². The minimum atomic E-state index is -4.28. The molecule has 0 unspecified atom stereocenters. The van der Waals surface area contributed by atoms with Crippen LogP contribution in [0.15, 0.2) is 53.4 Å². The van der Waals surface area contributed by atoms with E-state index in [2.05, 4.69) is 25.8 Å². The summed E-state index contributed by atoms with van der Waals surface area (Å²) in [5.41, 5.74) is 3.36. The number of methoxy groups -OCH3 is 1. The maximum absolute atomic E-state index is 14.4. The van der Waals surface area contributed by atoms with E-state index in [0.29, 0.717) is 37.8 Å². The quantitative estimate of drug-likeness (QED) is 0.350. The average molecular weight is 635 g/mol. The molecule has 4 bridgehead atoms. The van der Waals surface area contributed by atoms with E-state index in [1.807, 2.05) is 36.9 Å². The number of Topliss-reactive ketones (excluding diaryl/α,β-unsaturated/α-hetero) is 1. The van der Waals surface area contributed by atoms with Crippen molar-refractivity contribution in [1.29, 1.82) is 0 Å². The van der Waals surface area contributed by atoms with E-state index in [1.165, 1.54) is 19.2 Å². The number of rotatable bonds is 5. The first-order valence-corrected chi connectivity index (χ1v) is 16.8. The predicted octanol–water partition coefficient (Wildman–Crippen LogP) is 5.71. The third kappa shape index (κ3) is 7.04. The highest BCUT2D eigenvalue weighted by atomic mass is 32.2. The molecule has 0 radical (unpaired) electrons. The number of sulfonamides is 1. The van der Waals surface area contributed by atoms with Crippen molar-refractivity contribution in [3.63, 3.8) is 0 Å². The van der Waals surface area contributed by atoms with Crippen LogP contribution in [0, 0.1) is 19.3 Å². The van der Waals surface area contributed by atoms with Crippen LogP contribution in [-0.4, -0.2) is 67.5 Å². The van der Waals surface area contributed by atoms with Gasteiger partial charge in [-0.05, 0) is 67.9 Å². The monoisotopic (exact) mass is 634 g/mol. The second kappa shape index (κ2) is 12.9. The summed E-state index contributed by atoms with van der Waals surface area (Å²) in [5, 5.41) is 0. The van der Waals surface area contributed by atoms with Gasteiger partial charge in [0.2, 0.25) is 11.8 Å². The molecular formula is C34H42N4O6S. The number of carbonyl (C=O) groups is 2. The molecule has 1 aromatic heterocycles. The van der Waals surface area contributed by atoms with Crippen LogP contribution >= 0.6 is 0 Å². The van der Waals surface area contributed by atoms with Crippen LogP contribution in [0.1, 0.15) is 74.4 Å². The van der Waals surface area contributed by atoms with Gasteiger partial charge in [0.15, 0.2) is 0 Å². The molecule has 0 N–H and O–H groups in total. The Morgan fingerprint density at radius 1 is 0.978 bits per heavy atom. The topological polar surface area (TPSA) is 119 Å². The highest BCUT2D eigenvalue weighted by Gasteiger charge is 2.38. The average Bonchev–Trinajstić information content (AvgIpc) is 2.98. The van der Waals surface area contributed by atoms with Crippen LogP contribution < -0.4 is 9.04 Å². The Kier molecular flexibility index (Phi) is 9.32. The molecule has 0 saturated heterocycles. The van der Waals surface area contributed by atoms with E-state index in [4.69, 9.17) is 14.5 Å². The van der Waals surface area contributed by atoms with E-state index >= 15 is 0 Å². The van der Waals surface area contributed by atoms with Gasteiger partial charge in [0.05, 0.1) is 16.6 Å². The van der Waals surface area contributed by atoms with Gasteiger partial charge in [-0.25, -0.2) is 17.7 Å². The zero-order chi connectivity index (χ0) is 32.5. The number of amides is 1. The number of nitrogens with zero attached hydrogens (tertiary/aromatic N) is 4. The summed E-state index contributed by atoms with van der Waals surface area (Å²) in [6, 6.07) is 13.1. The SMILES string of the molecule is COCN1c2nc(cc(-c3c(C)cccc3C)n2)OC[C@@H](CC(C)(C)C)N(C2CCC(=O)CC2)C(=O)c2cccc(c2)S1(=O)=O. The van der Waals surface area contributed by atoms with Crippen LogP contribution in [0.2, 0.25) is 0 Å². The lowest BCUT2D eigenvalue weighted by Gasteiger charge is -2.42. The van der Waals surface area contributed by atoms with Gasteiger partial charge in [0, 0.05) is 43.2 Å². The van der Waals surface area contributed by atoms with Crippen LogP contribution in [0.25, 0.3) is 11.3 Å². The minimum Gasteiger partial charge on any atom is -0.475 e. The molecule has 3 aromatic rings. The lowest BCUT2D eigenvalue weighted by molar-refractivity contribution is -0.121. The third-order valence-corrected chi connectivity index (χ3v) is 10.1. The number of aryl methyl sites for hydroxylation is 2. The third-order valence-electron chi connectivity index (χ3n) is 8.37. The van der Waals surface area contributed by atoms with Crippen molar-refractivity contribution in [2.45, 2.75) is 83.7 Å². The first-order chi connectivity index (χ1) is 21.3. The van der Waals surface area contributed by atoms with Gasteiger partial charge in [-0.2, -0.15) is 4.98 Å². The number of carbonyl (C=O) groups excluding carboxylic acids is 2. The number of benzene rings is 2. The number of hydrogen-bond donors (Lipinski definition) is 0. The van der Waals surface area contributed by atoms with Crippen molar-refractivity contribution in [3.05, 3.63) is 65.2 Å². The minimum absolute atomic E-state index is 0.0840. The predicted molar refractivity (Wildman–Crippen MR) is 172 cm³/mol. The molecule has 2 aromatic carbocycles. The summed E-state index contributed by atoms with van der Waals surface area (Å²) in [6.45, 7) is 10.0. The normalized spacial score (nSPS) is 19.4. The fourth-order valence-corrected chi connectivity index (χ4v) is 7.64. The molecule has 5 rings (SSSR count). The second-order valence-corrected chi connectivity index (χ2v) is 15.0. The maximum Gasteiger partial charge on any atom is 0.268 e. The van der Waals surface area contributed by atoms with E-state index < -0.39 is 10.0 Å².